The fourth-order valence-electron chi connectivity index (χ4n) is 2.08. The highest BCUT2D eigenvalue weighted by Crippen LogP contribution is 2.29. The molecule has 0 N–H and O–H groups in total. The third kappa shape index (κ3) is 2.75. The van der Waals surface area contributed by atoms with Gasteiger partial charge in [-0.2, -0.15) is 0 Å². The summed E-state index contributed by atoms with van der Waals surface area (Å²) < 4.78 is 7.17. The lowest BCUT2D eigenvalue weighted by molar-refractivity contribution is 0.154. The van der Waals surface area contributed by atoms with Crippen LogP contribution in [0, 0.1) is 6.92 Å². The summed E-state index contributed by atoms with van der Waals surface area (Å²) in [6, 6.07) is 6.16. The first-order chi connectivity index (χ1) is 7.27. The van der Waals surface area contributed by atoms with Crippen molar-refractivity contribution in [3.8, 4) is 5.75 Å². The van der Waals surface area contributed by atoms with Crippen molar-refractivity contribution in [1.82, 2.24) is 0 Å². The number of hydrogen-bond acceptors (Lipinski definition) is 1. The molecule has 1 nitrogen and oxygen atoms in total. The van der Waals surface area contributed by atoms with Gasteiger partial charge in [0.1, 0.15) is 5.75 Å². The Morgan fingerprint density at radius 1 is 1.20 bits per heavy atom. The molecule has 0 saturated heterocycles. The van der Waals surface area contributed by atoms with Crippen LogP contribution in [0.15, 0.2) is 22.7 Å². The van der Waals surface area contributed by atoms with Crippen molar-refractivity contribution in [2.24, 2.45) is 0 Å². The fourth-order valence-corrected chi connectivity index (χ4v) is 2.43. The maximum atomic E-state index is 6.04. The van der Waals surface area contributed by atoms with Crippen molar-refractivity contribution >= 4 is 15.9 Å². The third-order valence-corrected chi connectivity index (χ3v) is 3.92. The predicted octanol–water partition coefficient (Wildman–Crippen LogP) is 4.47. The van der Waals surface area contributed by atoms with Crippen molar-refractivity contribution in [3.63, 3.8) is 0 Å². The van der Waals surface area contributed by atoms with Crippen LogP contribution in [0.1, 0.15) is 37.7 Å². The van der Waals surface area contributed by atoms with E-state index in [9.17, 15) is 0 Å². The molecular weight excluding hydrogens is 252 g/mol. The van der Waals surface area contributed by atoms with Gasteiger partial charge >= 0.3 is 0 Å². The Hall–Kier alpha value is -0.500. The van der Waals surface area contributed by atoms with Crippen LogP contribution >= 0.6 is 15.9 Å². The first-order valence-electron chi connectivity index (χ1n) is 5.69. The molecule has 1 aromatic rings. The Morgan fingerprint density at radius 2 is 1.93 bits per heavy atom. The summed E-state index contributed by atoms with van der Waals surface area (Å²) in [6.45, 7) is 2.10. The Morgan fingerprint density at radius 3 is 2.67 bits per heavy atom. The molecule has 1 aromatic carbocycles. The number of hydrogen-bond donors (Lipinski definition) is 0. The van der Waals surface area contributed by atoms with E-state index in [0.29, 0.717) is 6.10 Å². The zero-order valence-corrected chi connectivity index (χ0v) is 10.7. The maximum Gasteiger partial charge on any atom is 0.123 e. The van der Waals surface area contributed by atoms with Crippen LogP contribution in [0.3, 0.4) is 0 Å². The van der Waals surface area contributed by atoms with Gasteiger partial charge in [0.25, 0.3) is 0 Å². The molecule has 1 saturated carbocycles. The Labute approximate surface area is 100.0 Å². The summed E-state index contributed by atoms with van der Waals surface area (Å²) in [4.78, 5) is 0. The van der Waals surface area contributed by atoms with E-state index >= 15 is 0 Å². The van der Waals surface area contributed by atoms with Gasteiger partial charge in [0.05, 0.1) is 6.10 Å². The summed E-state index contributed by atoms with van der Waals surface area (Å²) in [7, 11) is 0. The van der Waals surface area contributed by atoms with Gasteiger partial charge in [0, 0.05) is 10.0 Å². The Bertz CT molecular complexity index is 329. The minimum atomic E-state index is 0.437. The van der Waals surface area contributed by atoms with Crippen LogP contribution in [0.2, 0.25) is 0 Å². The molecule has 1 aliphatic rings. The average molecular weight is 269 g/mol. The standard InChI is InChI=1S/C13H17BrO/c1-10-12(14)8-5-9-13(10)15-11-6-3-2-4-7-11/h5,8-9,11H,2-4,6-7H2,1H3. The number of benzene rings is 1. The van der Waals surface area contributed by atoms with E-state index in [2.05, 4.69) is 35.0 Å². The molecule has 0 unspecified atom stereocenters. The molecule has 1 fully saturated rings. The number of ether oxygens (including phenoxy) is 1. The van der Waals surface area contributed by atoms with E-state index in [1.807, 2.05) is 6.07 Å². The largest absolute Gasteiger partial charge is 0.490 e. The average Bonchev–Trinajstić information content (AvgIpc) is 2.26. The Balaban J connectivity index is 2.06. The molecule has 0 amide bonds. The molecule has 0 aliphatic heterocycles. The van der Waals surface area contributed by atoms with Crippen molar-refractivity contribution in [2.45, 2.75) is 45.1 Å². The van der Waals surface area contributed by atoms with Gasteiger partial charge in [-0.3, -0.25) is 0 Å². The minimum absolute atomic E-state index is 0.437. The highest BCUT2D eigenvalue weighted by atomic mass is 79.9. The normalized spacial score (nSPS) is 17.7. The van der Waals surface area contributed by atoms with Crippen LogP contribution in [0.4, 0.5) is 0 Å². The van der Waals surface area contributed by atoms with E-state index < -0.39 is 0 Å². The zero-order valence-electron chi connectivity index (χ0n) is 9.13. The third-order valence-electron chi connectivity index (χ3n) is 3.06. The quantitative estimate of drug-likeness (QED) is 0.769. The van der Waals surface area contributed by atoms with E-state index in [1.54, 1.807) is 0 Å². The number of rotatable bonds is 2. The van der Waals surface area contributed by atoms with Crippen LogP contribution in [-0.4, -0.2) is 6.10 Å². The van der Waals surface area contributed by atoms with Crippen LogP contribution in [0.25, 0.3) is 0 Å². The summed E-state index contributed by atoms with van der Waals surface area (Å²) in [5.41, 5.74) is 1.21. The molecule has 0 heterocycles. The summed E-state index contributed by atoms with van der Waals surface area (Å²) >= 11 is 3.53. The lowest BCUT2D eigenvalue weighted by Crippen LogP contribution is -2.20. The molecule has 2 rings (SSSR count). The van der Waals surface area contributed by atoms with Crippen molar-refractivity contribution in [2.75, 3.05) is 0 Å². The van der Waals surface area contributed by atoms with Gasteiger partial charge in [0.2, 0.25) is 0 Å². The van der Waals surface area contributed by atoms with Crippen molar-refractivity contribution in [1.29, 1.82) is 0 Å². The van der Waals surface area contributed by atoms with Gasteiger partial charge in [-0.15, -0.1) is 0 Å². The van der Waals surface area contributed by atoms with Gasteiger partial charge in [-0.05, 0) is 44.7 Å². The number of halogens is 1. The molecule has 0 aromatic heterocycles. The van der Waals surface area contributed by atoms with E-state index in [0.717, 1.165) is 10.2 Å². The molecule has 0 bridgehead atoms. The highest BCUT2D eigenvalue weighted by molar-refractivity contribution is 9.10. The second-order valence-corrected chi connectivity index (χ2v) is 5.10. The van der Waals surface area contributed by atoms with Gasteiger partial charge < -0.3 is 4.74 Å². The van der Waals surface area contributed by atoms with Crippen LogP contribution in [0.5, 0.6) is 5.75 Å². The lowest BCUT2D eigenvalue weighted by Gasteiger charge is -2.24. The molecule has 0 spiro atoms. The SMILES string of the molecule is Cc1c(Br)cccc1OC1CCCCC1. The van der Waals surface area contributed by atoms with Gasteiger partial charge in [-0.25, -0.2) is 0 Å². The second-order valence-electron chi connectivity index (χ2n) is 4.24. The molecular formula is C13H17BrO. The summed E-state index contributed by atoms with van der Waals surface area (Å²) in [5, 5.41) is 0. The maximum absolute atomic E-state index is 6.04. The van der Waals surface area contributed by atoms with Gasteiger partial charge in [-0.1, -0.05) is 28.4 Å². The van der Waals surface area contributed by atoms with Crippen LogP contribution < -0.4 is 4.74 Å². The highest BCUT2D eigenvalue weighted by Gasteiger charge is 2.15. The summed E-state index contributed by atoms with van der Waals surface area (Å²) in [5.74, 6) is 1.04. The smallest absolute Gasteiger partial charge is 0.123 e. The predicted molar refractivity (Wildman–Crippen MR) is 66.4 cm³/mol. The first-order valence-corrected chi connectivity index (χ1v) is 6.48. The second kappa shape index (κ2) is 5.02. The molecule has 1 aliphatic carbocycles. The lowest BCUT2D eigenvalue weighted by atomic mass is 9.98. The molecule has 0 radical (unpaired) electrons. The van der Waals surface area contributed by atoms with E-state index in [4.69, 9.17) is 4.74 Å². The topological polar surface area (TPSA) is 9.23 Å². The zero-order chi connectivity index (χ0) is 10.7. The molecule has 82 valence electrons. The van der Waals surface area contributed by atoms with Crippen molar-refractivity contribution < 1.29 is 4.74 Å². The van der Waals surface area contributed by atoms with E-state index in [1.165, 1.54) is 37.7 Å². The fraction of sp³-hybridized carbons (Fsp3) is 0.538. The molecule has 0 atom stereocenters. The minimum Gasteiger partial charge on any atom is -0.490 e. The Kier molecular flexibility index (Phi) is 3.68. The first kappa shape index (κ1) is 11.0. The monoisotopic (exact) mass is 268 g/mol. The molecule has 2 heteroatoms. The van der Waals surface area contributed by atoms with Gasteiger partial charge in [0.15, 0.2) is 0 Å². The van der Waals surface area contributed by atoms with E-state index in [-0.39, 0.29) is 0 Å². The molecule has 15 heavy (non-hydrogen) atoms. The van der Waals surface area contributed by atoms with Crippen LogP contribution in [-0.2, 0) is 0 Å². The summed E-state index contributed by atoms with van der Waals surface area (Å²) in [6.07, 6.45) is 6.87. The van der Waals surface area contributed by atoms with Crippen molar-refractivity contribution in [3.05, 3.63) is 28.2 Å².